The Morgan fingerprint density at radius 1 is 0.970 bits per heavy atom. The Kier molecular flexibility index (Phi) is 5.02. The molecule has 0 unspecified atom stereocenters. The van der Waals surface area contributed by atoms with Crippen LogP contribution in [0.2, 0.25) is 0 Å². The van der Waals surface area contributed by atoms with Gasteiger partial charge in [0.25, 0.3) is 0 Å². The monoisotopic (exact) mass is 457 g/mol. The second-order valence-electron chi connectivity index (χ2n) is 8.00. The highest BCUT2D eigenvalue weighted by Crippen LogP contribution is 2.36. The summed E-state index contributed by atoms with van der Waals surface area (Å²) in [6.45, 7) is 5.43. The third kappa shape index (κ3) is 3.48. The topological polar surface area (TPSA) is 98.2 Å². The Bertz CT molecular complexity index is 1470. The highest BCUT2D eigenvalue weighted by atomic mass is 32.1. The number of fused-ring (bicyclic) bond motifs is 3. The summed E-state index contributed by atoms with van der Waals surface area (Å²) < 4.78 is 5.35. The van der Waals surface area contributed by atoms with Gasteiger partial charge in [0.1, 0.15) is 21.9 Å². The van der Waals surface area contributed by atoms with Crippen molar-refractivity contribution in [1.29, 1.82) is 0 Å². The lowest BCUT2D eigenvalue weighted by Crippen LogP contribution is -2.20. The number of benzene rings is 2. The molecule has 0 radical (unpaired) electrons. The van der Waals surface area contributed by atoms with Crippen LogP contribution in [0.25, 0.3) is 10.2 Å². The molecule has 1 N–H and O–H groups in total. The van der Waals surface area contributed by atoms with Gasteiger partial charge in [-0.15, -0.1) is 11.3 Å². The van der Waals surface area contributed by atoms with Crippen molar-refractivity contribution in [1.82, 2.24) is 9.97 Å². The maximum atomic E-state index is 13.0. The number of esters is 1. The molecule has 0 aliphatic heterocycles. The Labute approximate surface area is 193 Å². The van der Waals surface area contributed by atoms with Crippen LogP contribution >= 0.6 is 11.3 Å². The number of thiophene rings is 1. The molecule has 2 aromatic carbocycles. The summed E-state index contributed by atoms with van der Waals surface area (Å²) >= 11 is 1.25. The molecular formula is C25H19N3O4S. The third-order valence-corrected chi connectivity index (χ3v) is 6.62. The highest BCUT2D eigenvalue weighted by molar-refractivity contribution is 7.20. The molecule has 7 nitrogen and oxygen atoms in total. The number of nitrogens with one attached hydrogen (secondary N) is 1. The van der Waals surface area contributed by atoms with Crippen molar-refractivity contribution in [2.75, 3.05) is 5.32 Å². The first-order chi connectivity index (χ1) is 15.8. The normalized spacial score (nSPS) is 12.6. The molecule has 0 bridgehead atoms. The number of nitrogens with zero attached hydrogens (tertiary/aromatic N) is 2. The first kappa shape index (κ1) is 21.0. The van der Waals surface area contributed by atoms with Crippen molar-refractivity contribution in [2.24, 2.45) is 0 Å². The minimum absolute atomic E-state index is 0.168. The van der Waals surface area contributed by atoms with E-state index < -0.39 is 5.97 Å². The summed E-state index contributed by atoms with van der Waals surface area (Å²) in [5.41, 5.74) is 2.87. The molecule has 5 rings (SSSR count). The molecule has 0 atom stereocenters. The first-order valence-corrected chi connectivity index (χ1v) is 11.2. The van der Waals surface area contributed by atoms with Crippen LogP contribution in [-0.4, -0.2) is 33.6 Å². The predicted octanol–water partition coefficient (Wildman–Crippen LogP) is 5.08. The Morgan fingerprint density at radius 2 is 1.64 bits per heavy atom. The van der Waals surface area contributed by atoms with Gasteiger partial charge in [0, 0.05) is 27.9 Å². The van der Waals surface area contributed by atoms with Crippen LogP contribution < -0.4 is 5.32 Å². The van der Waals surface area contributed by atoms with Gasteiger partial charge in [0.05, 0.1) is 11.5 Å². The first-order valence-electron chi connectivity index (χ1n) is 10.4. The molecule has 0 amide bonds. The van der Waals surface area contributed by atoms with Crippen LogP contribution in [0, 0.1) is 6.92 Å². The van der Waals surface area contributed by atoms with Gasteiger partial charge in [-0.3, -0.25) is 9.59 Å². The molecule has 33 heavy (non-hydrogen) atoms. The lowest BCUT2D eigenvalue weighted by Gasteiger charge is -2.18. The number of ketones is 2. The maximum Gasteiger partial charge on any atom is 0.348 e. The van der Waals surface area contributed by atoms with E-state index >= 15 is 0 Å². The van der Waals surface area contributed by atoms with Crippen molar-refractivity contribution in [3.63, 3.8) is 0 Å². The summed E-state index contributed by atoms with van der Waals surface area (Å²) in [7, 11) is 0. The molecule has 8 heteroatoms. The molecule has 4 aromatic rings. The zero-order valence-electron chi connectivity index (χ0n) is 18.1. The number of aryl methyl sites for hydroxylation is 1. The lowest BCUT2D eigenvalue weighted by atomic mass is 9.84. The van der Waals surface area contributed by atoms with Gasteiger partial charge in [-0.05, 0) is 44.5 Å². The number of ether oxygens (including phenoxy) is 1. The molecule has 0 saturated heterocycles. The van der Waals surface area contributed by atoms with Crippen LogP contribution in [-0.2, 0) is 4.74 Å². The molecule has 0 fully saturated rings. The predicted molar refractivity (Wildman–Crippen MR) is 126 cm³/mol. The van der Waals surface area contributed by atoms with Gasteiger partial charge in [0.15, 0.2) is 11.6 Å². The maximum absolute atomic E-state index is 13.0. The van der Waals surface area contributed by atoms with Crippen LogP contribution in [0.5, 0.6) is 0 Å². The number of aromatic nitrogens is 2. The van der Waals surface area contributed by atoms with Gasteiger partial charge in [0.2, 0.25) is 0 Å². The van der Waals surface area contributed by atoms with Crippen LogP contribution in [0.3, 0.4) is 0 Å². The van der Waals surface area contributed by atoms with E-state index in [2.05, 4.69) is 15.3 Å². The van der Waals surface area contributed by atoms with Crippen LogP contribution in [0.4, 0.5) is 11.5 Å². The molecule has 2 aromatic heterocycles. The van der Waals surface area contributed by atoms with Gasteiger partial charge in [-0.25, -0.2) is 14.8 Å². The fourth-order valence-electron chi connectivity index (χ4n) is 3.94. The molecule has 1 aliphatic rings. The van der Waals surface area contributed by atoms with Gasteiger partial charge in [-0.2, -0.15) is 0 Å². The Hall–Kier alpha value is -3.91. The summed E-state index contributed by atoms with van der Waals surface area (Å²) in [5.74, 6) is -0.249. The highest BCUT2D eigenvalue weighted by Gasteiger charge is 2.29. The number of rotatable bonds is 4. The average Bonchev–Trinajstić information content (AvgIpc) is 3.14. The molecule has 0 spiro atoms. The quantitative estimate of drug-likeness (QED) is 0.376. The van der Waals surface area contributed by atoms with E-state index in [-0.39, 0.29) is 17.7 Å². The molecular weight excluding hydrogens is 438 g/mol. The van der Waals surface area contributed by atoms with E-state index in [4.69, 9.17) is 4.74 Å². The van der Waals surface area contributed by atoms with E-state index in [0.29, 0.717) is 48.9 Å². The molecule has 2 heterocycles. The minimum atomic E-state index is -0.395. The van der Waals surface area contributed by atoms with E-state index in [9.17, 15) is 14.4 Å². The number of carbonyl (C=O) groups excluding carboxylic acids is 3. The number of hydrogen-bond donors (Lipinski definition) is 1. The zero-order valence-corrected chi connectivity index (χ0v) is 18.9. The standard InChI is InChI=1S/C25H19N3O4S/c1-12(2)32-25(31)22-13(3)19-23(26-11-27-24(19)33-22)28-14-8-9-17-18(10-14)21(30)16-7-5-4-6-15(16)20(17)29/h4-12H,1-3H3,(H,26,27,28). The van der Waals surface area contributed by atoms with E-state index in [1.807, 2.05) is 6.92 Å². The van der Waals surface area contributed by atoms with E-state index in [0.717, 1.165) is 5.56 Å². The second-order valence-corrected chi connectivity index (χ2v) is 9.00. The largest absolute Gasteiger partial charge is 0.459 e. The fourth-order valence-corrected chi connectivity index (χ4v) is 4.97. The fraction of sp³-hybridized carbons (Fsp3) is 0.160. The van der Waals surface area contributed by atoms with Gasteiger partial charge in [-0.1, -0.05) is 24.3 Å². The number of hydrogen-bond acceptors (Lipinski definition) is 8. The summed E-state index contributed by atoms with van der Waals surface area (Å²) in [4.78, 5) is 48.2. The van der Waals surface area contributed by atoms with Gasteiger partial charge < -0.3 is 10.1 Å². The summed E-state index contributed by atoms with van der Waals surface area (Å²) in [5, 5.41) is 3.94. The van der Waals surface area contributed by atoms with Crippen molar-refractivity contribution in [2.45, 2.75) is 26.9 Å². The van der Waals surface area contributed by atoms with Crippen LogP contribution in [0.1, 0.15) is 60.9 Å². The third-order valence-electron chi connectivity index (χ3n) is 5.44. The number of anilines is 2. The SMILES string of the molecule is Cc1c(C(=O)OC(C)C)sc2ncnc(Nc3ccc4c(c3)C(=O)c3ccccc3C4=O)c12. The van der Waals surface area contributed by atoms with Gasteiger partial charge >= 0.3 is 5.97 Å². The Balaban J connectivity index is 1.54. The minimum Gasteiger partial charge on any atom is -0.459 e. The average molecular weight is 458 g/mol. The molecule has 1 aliphatic carbocycles. The van der Waals surface area contributed by atoms with Crippen molar-refractivity contribution >= 4 is 50.6 Å². The Morgan fingerprint density at radius 3 is 2.33 bits per heavy atom. The smallest absolute Gasteiger partial charge is 0.348 e. The van der Waals surface area contributed by atoms with Crippen molar-refractivity contribution < 1.29 is 19.1 Å². The van der Waals surface area contributed by atoms with Crippen molar-refractivity contribution in [3.05, 3.63) is 81.5 Å². The summed E-state index contributed by atoms with van der Waals surface area (Å²) in [6.07, 6.45) is 1.19. The zero-order chi connectivity index (χ0) is 23.3. The van der Waals surface area contributed by atoms with E-state index in [1.165, 1.54) is 17.7 Å². The lowest BCUT2D eigenvalue weighted by molar-refractivity contribution is 0.0383. The van der Waals surface area contributed by atoms with Crippen LogP contribution in [0.15, 0.2) is 48.8 Å². The number of carbonyl (C=O) groups is 3. The molecule has 0 saturated carbocycles. The second kappa shape index (κ2) is 7.90. The summed E-state index contributed by atoms with van der Waals surface area (Å²) in [6, 6.07) is 11.9. The molecule has 164 valence electrons. The van der Waals surface area contributed by atoms with E-state index in [1.54, 1.807) is 56.3 Å². The van der Waals surface area contributed by atoms with Crippen molar-refractivity contribution in [3.8, 4) is 0 Å².